The van der Waals surface area contributed by atoms with Crippen LogP contribution in [0.1, 0.15) is 34.6 Å². The van der Waals surface area contributed by atoms with Crippen molar-refractivity contribution < 1.29 is 19.4 Å². The monoisotopic (exact) mass is 257 g/mol. The van der Waals surface area contributed by atoms with Gasteiger partial charge in [0.1, 0.15) is 5.92 Å². The molecule has 0 saturated carbocycles. The van der Waals surface area contributed by atoms with Crippen molar-refractivity contribution in [2.75, 3.05) is 19.7 Å². The van der Waals surface area contributed by atoms with Gasteiger partial charge >= 0.3 is 5.97 Å². The van der Waals surface area contributed by atoms with Crippen LogP contribution in [0.3, 0.4) is 0 Å². The zero-order chi connectivity index (χ0) is 14.1. The molecule has 1 aliphatic heterocycles. The predicted molar refractivity (Wildman–Crippen MR) is 67.2 cm³/mol. The van der Waals surface area contributed by atoms with Crippen LogP contribution < -0.4 is 0 Å². The van der Waals surface area contributed by atoms with Gasteiger partial charge in [-0.2, -0.15) is 0 Å². The molecule has 0 bridgehead atoms. The van der Waals surface area contributed by atoms with E-state index in [0.29, 0.717) is 19.7 Å². The first-order valence-electron chi connectivity index (χ1n) is 6.20. The van der Waals surface area contributed by atoms with Gasteiger partial charge in [0.05, 0.1) is 12.2 Å². The quantitative estimate of drug-likeness (QED) is 0.759. The maximum atomic E-state index is 12.4. The van der Waals surface area contributed by atoms with Crippen LogP contribution in [0.2, 0.25) is 0 Å². The molecule has 0 aliphatic carbocycles. The molecule has 5 nitrogen and oxygen atoms in total. The number of hydrogen-bond acceptors (Lipinski definition) is 3. The molecular formula is C13H23NO4. The van der Waals surface area contributed by atoms with Crippen molar-refractivity contribution in [2.45, 2.75) is 40.2 Å². The molecule has 1 atom stereocenters. The Morgan fingerprint density at radius 1 is 1.33 bits per heavy atom. The van der Waals surface area contributed by atoms with Gasteiger partial charge in [0.2, 0.25) is 5.91 Å². The Balaban J connectivity index is 2.88. The molecule has 18 heavy (non-hydrogen) atoms. The molecule has 1 unspecified atom stereocenters. The topological polar surface area (TPSA) is 66.8 Å². The lowest BCUT2D eigenvalue weighted by Gasteiger charge is -2.40. The van der Waals surface area contributed by atoms with E-state index in [9.17, 15) is 14.7 Å². The minimum absolute atomic E-state index is 0.314. The van der Waals surface area contributed by atoms with E-state index in [1.165, 1.54) is 0 Å². The fraction of sp³-hybridized carbons (Fsp3) is 0.846. The molecule has 0 aromatic rings. The highest BCUT2D eigenvalue weighted by Gasteiger charge is 2.42. The molecule has 5 heteroatoms. The fourth-order valence-corrected chi connectivity index (χ4v) is 2.23. The van der Waals surface area contributed by atoms with Crippen LogP contribution in [-0.4, -0.2) is 47.2 Å². The lowest BCUT2D eigenvalue weighted by Crippen LogP contribution is -2.54. The van der Waals surface area contributed by atoms with E-state index in [1.807, 2.05) is 13.8 Å². The second-order valence-electron chi connectivity index (χ2n) is 6.51. The molecule has 0 aromatic carbocycles. The summed E-state index contributed by atoms with van der Waals surface area (Å²) in [5, 5.41) is 9.26. The Morgan fingerprint density at radius 2 is 1.89 bits per heavy atom. The fourth-order valence-electron chi connectivity index (χ4n) is 2.23. The molecule has 104 valence electrons. The molecule has 0 aromatic heterocycles. The Kier molecular flexibility index (Phi) is 4.05. The third-order valence-corrected chi connectivity index (χ3v) is 3.10. The van der Waals surface area contributed by atoms with E-state index in [2.05, 4.69) is 0 Å². The first-order chi connectivity index (χ1) is 8.04. The van der Waals surface area contributed by atoms with Crippen LogP contribution in [0, 0.1) is 11.3 Å². The Labute approximate surface area is 108 Å². The van der Waals surface area contributed by atoms with Gasteiger partial charge in [-0.05, 0) is 19.3 Å². The van der Waals surface area contributed by atoms with Crippen LogP contribution in [0.4, 0.5) is 0 Å². The van der Waals surface area contributed by atoms with Gasteiger partial charge in [0, 0.05) is 13.1 Å². The average molecular weight is 257 g/mol. The highest BCUT2D eigenvalue weighted by Crippen LogP contribution is 2.29. The maximum absolute atomic E-state index is 12.4. The molecular weight excluding hydrogens is 234 g/mol. The highest BCUT2D eigenvalue weighted by atomic mass is 16.5. The third-order valence-electron chi connectivity index (χ3n) is 3.10. The van der Waals surface area contributed by atoms with Crippen molar-refractivity contribution in [1.82, 2.24) is 4.90 Å². The van der Waals surface area contributed by atoms with Gasteiger partial charge in [0.15, 0.2) is 0 Å². The first kappa shape index (κ1) is 15.0. The number of carbonyl (C=O) groups is 2. The van der Waals surface area contributed by atoms with Crippen LogP contribution in [0.15, 0.2) is 0 Å². The molecule has 1 fully saturated rings. The van der Waals surface area contributed by atoms with Crippen LogP contribution in [0.5, 0.6) is 0 Å². The van der Waals surface area contributed by atoms with Crippen molar-refractivity contribution in [3.8, 4) is 0 Å². The van der Waals surface area contributed by atoms with Crippen LogP contribution >= 0.6 is 0 Å². The minimum atomic E-state index is -1.06. The summed E-state index contributed by atoms with van der Waals surface area (Å²) in [7, 11) is 0. The van der Waals surface area contributed by atoms with Crippen LogP contribution in [0.25, 0.3) is 0 Å². The lowest BCUT2D eigenvalue weighted by atomic mass is 9.79. The summed E-state index contributed by atoms with van der Waals surface area (Å²) in [6.45, 7) is 10.5. The maximum Gasteiger partial charge on any atom is 0.316 e. The van der Waals surface area contributed by atoms with Gasteiger partial charge in [-0.15, -0.1) is 0 Å². The number of ether oxygens (including phenoxy) is 1. The predicted octanol–water partition coefficient (Wildman–Crippen LogP) is 1.37. The van der Waals surface area contributed by atoms with E-state index in [-0.39, 0.29) is 5.91 Å². The standard InChI is InChI=1S/C13H23NO4/c1-12(2,3)9(11(16)17)10(15)14-6-7-18-13(4,5)8-14/h9H,6-8H2,1-5H3,(H,16,17). The Bertz CT molecular complexity index is 343. The van der Waals surface area contributed by atoms with Crippen molar-refractivity contribution in [2.24, 2.45) is 11.3 Å². The van der Waals surface area contributed by atoms with E-state index < -0.39 is 22.9 Å². The van der Waals surface area contributed by atoms with Gasteiger partial charge in [-0.3, -0.25) is 9.59 Å². The smallest absolute Gasteiger partial charge is 0.316 e. The Morgan fingerprint density at radius 3 is 2.28 bits per heavy atom. The number of nitrogens with zero attached hydrogens (tertiary/aromatic N) is 1. The largest absolute Gasteiger partial charge is 0.481 e. The van der Waals surface area contributed by atoms with E-state index in [0.717, 1.165) is 0 Å². The number of aliphatic carboxylic acids is 1. The number of morpholine rings is 1. The zero-order valence-electron chi connectivity index (χ0n) is 11.8. The number of amides is 1. The second kappa shape index (κ2) is 4.88. The number of carbonyl (C=O) groups excluding carboxylic acids is 1. The second-order valence-corrected chi connectivity index (χ2v) is 6.51. The normalized spacial score (nSPS) is 21.5. The summed E-state index contributed by atoms with van der Waals surface area (Å²) in [6.07, 6.45) is 0. The minimum Gasteiger partial charge on any atom is -0.481 e. The van der Waals surface area contributed by atoms with Crippen molar-refractivity contribution in [1.29, 1.82) is 0 Å². The summed E-state index contributed by atoms with van der Waals surface area (Å²) in [5.74, 6) is -2.38. The van der Waals surface area contributed by atoms with E-state index in [4.69, 9.17) is 4.74 Å². The number of hydrogen-bond donors (Lipinski definition) is 1. The number of rotatable bonds is 2. The molecule has 1 aliphatic rings. The number of carboxylic acids is 1. The van der Waals surface area contributed by atoms with E-state index >= 15 is 0 Å². The van der Waals surface area contributed by atoms with E-state index in [1.54, 1.807) is 25.7 Å². The van der Waals surface area contributed by atoms with Gasteiger partial charge in [-0.1, -0.05) is 20.8 Å². The van der Waals surface area contributed by atoms with Gasteiger partial charge < -0.3 is 14.7 Å². The van der Waals surface area contributed by atoms with Gasteiger partial charge in [0.25, 0.3) is 0 Å². The molecule has 1 heterocycles. The molecule has 1 rings (SSSR count). The lowest BCUT2D eigenvalue weighted by molar-refractivity contribution is -0.163. The average Bonchev–Trinajstić information content (AvgIpc) is 2.12. The summed E-state index contributed by atoms with van der Waals surface area (Å²) in [6, 6.07) is 0. The summed E-state index contributed by atoms with van der Waals surface area (Å²) in [5.41, 5.74) is -1.000. The van der Waals surface area contributed by atoms with Crippen molar-refractivity contribution in [3.05, 3.63) is 0 Å². The first-order valence-corrected chi connectivity index (χ1v) is 6.20. The van der Waals surface area contributed by atoms with Gasteiger partial charge in [-0.25, -0.2) is 0 Å². The number of carboxylic acid groups (broad SMARTS) is 1. The zero-order valence-corrected chi connectivity index (χ0v) is 11.8. The summed E-state index contributed by atoms with van der Waals surface area (Å²) in [4.78, 5) is 25.3. The van der Waals surface area contributed by atoms with Crippen molar-refractivity contribution in [3.63, 3.8) is 0 Å². The molecule has 1 amide bonds. The molecule has 0 radical (unpaired) electrons. The summed E-state index contributed by atoms with van der Waals surface area (Å²) < 4.78 is 5.53. The molecule has 1 N–H and O–H groups in total. The van der Waals surface area contributed by atoms with Crippen LogP contribution in [-0.2, 0) is 14.3 Å². The highest BCUT2D eigenvalue weighted by molar-refractivity contribution is 5.97. The molecule has 0 spiro atoms. The molecule has 1 saturated heterocycles. The third kappa shape index (κ3) is 3.45. The SMILES string of the molecule is CC1(C)CN(C(=O)C(C(=O)O)C(C)(C)C)CCO1. The summed E-state index contributed by atoms with van der Waals surface area (Å²) >= 11 is 0. The Hall–Kier alpha value is -1.10. The van der Waals surface area contributed by atoms with Crippen molar-refractivity contribution >= 4 is 11.9 Å².